The van der Waals surface area contributed by atoms with Gasteiger partial charge in [0.05, 0.1) is 18.8 Å². The van der Waals surface area contributed by atoms with Crippen LogP contribution in [0.15, 0.2) is 0 Å². The fourth-order valence-electron chi connectivity index (χ4n) is 9.93. The molecule has 4 nitrogen and oxygen atoms in total. The summed E-state index contributed by atoms with van der Waals surface area (Å²) in [6.07, 6.45) is 9.39. The minimum Gasteiger partial charge on any atom is -0.393 e. The fourth-order valence-corrected chi connectivity index (χ4v) is 9.93. The van der Waals surface area contributed by atoms with Crippen molar-refractivity contribution in [3.05, 3.63) is 0 Å². The van der Waals surface area contributed by atoms with E-state index in [4.69, 9.17) is 9.47 Å². The van der Waals surface area contributed by atoms with E-state index in [1.807, 2.05) is 0 Å². The molecule has 6 aliphatic rings. The number of hydrogen-bond acceptors (Lipinski definition) is 4. The van der Waals surface area contributed by atoms with Crippen molar-refractivity contribution >= 4 is 5.78 Å². The first-order valence-electron chi connectivity index (χ1n) is 13.2. The Balaban J connectivity index is 1.30. The number of ether oxygens (including phenoxy) is 2. The van der Waals surface area contributed by atoms with Crippen LogP contribution in [0.1, 0.15) is 85.5 Å². The number of aliphatic hydroxyl groups is 1. The van der Waals surface area contributed by atoms with E-state index in [1.165, 1.54) is 12.8 Å². The van der Waals surface area contributed by atoms with E-state index < -0.39 is 5.79 Å². The monoisotopic (exact) mass is 430 g/mol. The van der Waals surface area contributed by atoms with Crippen molar-refractivity contribution in [2.45, 2.75) is 103 Å². The van der Waals surface area contributed by atoms with Gasteiger partial charge in [-0.2, -0.15) is 0 Å². The molecule has 174 valence electrons. The number of ketones is 1. The third kappa shape index (κ3) is 2.68. The normalized spacial score (nSPS) is 60.9. The molecule has 6 rings (SSSR count). The van der Waals surface area contributed by atoms with Gasteiger partial charge in [-0.1, -0.05) is 27.7 Å². The summed E-state index contributed by atoms with van der Waals surface area (Å²) in [7, 11) is 0. The molecular weight excluding hydrogens is 388 g/mol. The second kappa shape index (κ2) is 6.79. The number of rotatable bonds is 0. The zero-order valence-electron chi connectivity index (χ0n) is 19.9. The maximum Gasteiger partial charge on any atom is 0.171 e. The van der Waals surface area contributed by atoms with Gasteiger partial charge in [0, 0.05) is 30.1 Å². The number of carbonyl (C=O) groups excluding carboxylic acids is 1. The molecule has 0 bridgehead atoms. The summed E-state index contributed by atoms with van der Waals surface area (Å²) >= 11 is 0. The Bertz CT molecular complexity index is 756. The molecule has 2 saturated heterocycles. The summed E-state index contributed by atoms with van der Waals surface area (Å²) in [5.41, 5.74) is -0.0221. The second-order valence-electron chi connectivity index (χ2n) is 13.0. The molecule has 1 spiro atoms. The first kappa shape index (κ1) is 21.1. The van der Waals surface area contributed by atoms with Crippen molar-refractivity contribution in [2.24, 2.45) is 52.3 Å². The lowest BCUT2D eigenvalue weighted by molar-refractivity contribution is -0.272. The molecule has 6 fully saturated rings. The van der Waals surface area contributed by atoms with Crippen molar-refractivity contribution in [3.8, 4) is 0 Å². The van der Waals surface area contributed by atoms with E-state index in [9.17, 15) is 9.90 Å². The Morgan fingerprint density at radius 2 is 1.81 bits per heavy atom. The average molecular weight is 431 g/mol. The number of carbonyl (C=O) groups is 1. The number of hydrogen-bond donors (Lipinski definition) is 1. The minimum atomic E-state index is -0.448. The second-order valence-corrected chi connectivity index (χ2v) is 13.0. The van der Waals surface area contributed by atoms with Gasteiger partial charge >= 0.3 is 0 Å². The maximum atomic E-state index is 14.0. The number of fused-ring (bicyclic) bond motifs is 7. The van der Waals surface area contributed by atoms with Crippen LogP contribution in [0.25, 0.3) is 0 Å². The van der Waals surface area contributed by atoms with Gasteiger partial charge in [-0.3, -0.25) is 4.79 Å². The van der Waals surface area contributed by atoms with Gasteiger partial charge in [-0.25, -0.2) is 0 Å². The molecule has 0 aromatic rings. The van der Waals surface area contributed by atoms with Gasteiger partial charge in [0.2, 0.25) is 0 Å². The molecule has 2 heterocycles. The molecule has 0 aromatic carbocycles. The molecule has 0 aromatic heterocycles. The van der Waals surface area contributed by atoms with E-state index >= 15 is 0 Å². The molecule has 4 heteroatoms. The zero-order valence-corrected chi connectivity index (χ0v) is 19.9. The Hall–Kier alpha value is -0.450. The Morgan fingerprint density at radius 3 is 2.55 bits per heavy atom. The lowest BCUT2D eigenvalue weighted by atomic mass is 9.44. The van der Waals surface area contributed by atoms with E-state index in [0.717, 1.165) is 51.6 Å². The van der Waals surface area contributed by atoms with Crippen LogP contribution in [-0.2, 0) is 14.3 Å². The summed E-state index contributed by atoms with van der Waals surface area (Å²) in [4.78, 5) is 14.0. The molecule has 4 saturated carbocycles. The van der Waals surface area contributed by atoms with E-state index in [-0.39, 0.29) is 29.0 Å². The largest absolute Gasteiger partial charge is 0.393 e. The molecular formula is C27H42O4. The van der Waals surface area contributed by atoms with E-state index in [2.05, 4.69) is 27.7 Å². The van der Waals surface area contributed by atoms with Crippen LogP contribution in [0.4, 0.5) is 0 Å². The summed E-state index contributed by atoms with van der Waals surface area (Å²) < 4.78 is 13.2. The highest BCUT2D eigenvalue weighted by Crippen LogP contribution is 2.70. The maximum absolute atomic E-state index is 14.0. The van der Waals surface area contributed by atoms with Crippen LogP contribution in [-0.4, -0.2) is 35.5 Å². The smallest absolute Gasteiger partial charge is 0.171 e. The summed E-state index contributed by atoms with van der Waals surface area (Å²) in [5, 5.41) is 10.3. The van der Waals surface area contributed by atoms with Crippen LogP contribution in [0.2, 0.25) is 0 Å². The number of Topliss-reactive ketones (excluding diaryl/α,β-unsaturated/α-hetero) is 1. The Morgan fingerprint density at radius 1 is 1.00 bits per heavy atom. The van der Waals surface area contributed by atoms with Crippen LogP contribution in [0.3, 0.4) is 0 Å². The predicted molar refractivity (Wildman–Crippen MR) is 118 cm³/mol. The van der Waals surface area contributed by atoms with Crippen molar-refractivity contribution in [1.82, 2.24) is 0 Å². The quantitative estimate of drug-likeness (QED) is 0.589. The van der Waals surface area contributed by atoms with Gasteiger partial charge in [0.25, 0.3) is 0 Å². The van der Waals surface area contributed by atoms with Crippen LogP contribution in [0, 0.1) is 52.3 Å². The molecule has 0 unspecified atom stereocenters. The predicted octanol–water partition coefficient (Wildman–Crippen LogP) is 4.97. The molecule has 2 aliphatic heterocycles. The van der Waals surface area contributed by atoms with Gasteiger partial charge in [0.15, 0.2) is 5.79 Å². The van der Waals surface area contributed by atoms with Crippen molar-refractivity contribution in [2.75, 3.05) is 6.61 Å². The summed E-state index contributed by atoms with van der Waals surface area (Å²) in [6, 6.07) is 0. The molecule has 0 amide bonds. The minimum absolute atomic E-state index is 0.131. The molecule has 1 N–H and O–H groups in total. The number of aliphatic hydroxyl groups excluding tert-OH is 1. The summed E-state index contributed by atoms with van der Waals surface area (Å²) in [5.74, 6) is 3.45. The van der Waals surface area contributed by atoms with Crippen LogP contribution < -0.4 is 0 Å². The molecule has 4 aliphatic carbocycles. The third-order valence-electron chi connectivity index (χ3n) is 11.8. The average Bonchev–Trinajstić information content (AvgIpc) is 3.18. The first-order valence-corrected chi connectivity index (χ1v) is 13.2. The highest BCUT2D eigenvalue weighted by Gasteiger charge is 2.71. The van der Waals surface area contributed by atoms with Crippen molar-refractivity contribution in [3.63, 3.8) is 0 Å². The Labute approximate surface area is 187 Å². The molecule has 0 radical (unpaired) electrons. The highest BCUT2D eigenvalue weighted by molar-refractivity contribution is 5.87. The van der Waals surface area contributed by atoms with Gasteiger partial charge in [-0.15, -0.1) is 0 Å². The van der Waals surface area contributed by atoms with Gasteiger partial charge in [0.1, 0.15) is 5.78 Å². The topological polar surface area (TPSA) is 55.8 Å². The van der Waals surface area contributed by atoms with E-state index in [1.54, 1.807) is 0 Å². The SMILES string of the molecule is C[C@@H]1CC[C@@]2(OC1)O[C@H]1C[C@H]3[C@H]4CC[C@H]5C[C@@H](O)CC[C@]5(C)[C@H]4CC(=O)[C@]3(C)[C@H]1[C@@H]2C. The van der Waals surface area contributed by atoms with Crippen molar-refractivity contribution < 1.29 is 19.4 Å². The van der Waals surface area contributed by atoms with Crippen LogP contribution in [0.5, 0.6) is 0 Å². The first-order chi connectivity index (χ1) is 14.7. The third-order valence-corrected chi connectivity index (χ3v) is 11.8. The molecule has 31 heavy (non-hydrogen) atoms. The highest BCUT2D eigenvalue weighted by atomic mass is 16.7. The van der Waals surface area contributed by atoms with Gasteiger partial charge in [-0.05, 0) is 80.0 Å². The fraction of sp³-hybridized carbons (Fsp3) is 0.963. The lowest BCUT2D eigenvalue weighted by Gasteiger charge is -2.60. The standard InChI is InChI=1S/C27H42O4/c1-15-7-10-27(30-14-15)16(2)24-22(31-27)12-21-19-6-5-17-11-18(28)8-9-25(17,3)20(19)13-23(29)26(21,24)4/h15-22,24,28H,5-14H2,1-4H3/t15-,16+,17+,18+,19+,20+,21+,22+,24+,25+,26-,27-/m1/s1. The zero-order chi connectivity index (χ0) is 21.8. The molecule has 12 atom stereocenters. The van der Waals surface area contributed by atoms with E-state index in [0.29, 0.717) is 41.3 Å². The summed E-state index contributed by atoms with van der Waals surface area (Å²) in [6.45, 7) is 10.1. The van der Waals surface area contributed by atoms with Crippen LogP contribution >= 0.6 is 0 Å². The Kier molecular flexibility index (Phi) is 4.62. The lowest BCUT2D eigenvalue weighted by Crippen LogP contribution is -2.58. The van der Waals surface area contributed by atoms with Gasteiger partial charge < -0.3 is 14.6 Å². The van der Waals surface area contributed by atoms with Crippen molar-refractivity contribution in [1.29, 1.82) is 0 Å².